The fourth-order valence-corrected chi connectivity index (χ4v) is 4.14. The summed E-state index contributed by atoms with van der Waals surface area (Å²) in [5.41, 5.74) is 10.6. The molecule has 4 rings (SSSR count). The van der Waals surface area contributed by atoms with Crippen molar-refractivity contribution in [3.63, 3.8) is 0 Å². The average Bonchev–Trinajstić information content (AvgIpc) is 3.00. The fraction of sp³-hybridized carbons (Fsp3) is 0.182. The van der Waals surface area contributed by atoms with Gasteiger partial charge in [0.25, 0.3) is 5.91 Å². The normalized spacial score (nSPS) is 11.1. The summed E-state index contributed by atoms with van der Waals surface area (Å²) in [6.45, 7) is 6.55. The van der Waals surface area contributed by atoms with Crippen molar-refractivity contribution in [1.29, 1.82) is 0 Å². The van der Waals surface area contributed by atoms with E-state index in [9.17, 15) is 4.79 Å². The molecule has 0 saturated heterocycles. The zero-order valence-electron chi connectivity index (χ0n) is 16.0. The number of anilines is 2. The van der Waals surface area contributed by atoms with E-state index >= 15 is 0 Å². The Kier molecular flexibility index (Phi) is 4.65. The molecule has 2 aromatic heterocycles. The molecule has 3 N–H and O–H groups in total. The van der Waals surface area contributed by atoms with Gasteiger partial charge in [0.1, 0.15) is 15.5 Å². The summed E-state index contributed by atoms with van der Waals surface area (Å²) in [5.74, 6) is 0.563. The van der Waals surface area contributed by atoms with Crippen molar-refractivity contribution < 1.29 is 9.53 Å². The van der Waals surface area contributed by atoms with Crippen molar-refractivity contribution in [2.45, 2.75) is 20.8 Å². The predicted molar refractivity (Wildman–Crippen MR) is 117 cm³/mol. The Hall–Kier alpha value is -3.12. The van der Waals surface area contributed by atoms with Gasteiger partial charge in [-0.05, 0) is 56.2 Å². The van der Waals surface area contributed by atoms with E-state index in [-0.39, 0.29) is 5.91 Å². The first-order valence-corrected chi connectivity index (χ1v) is 9.92. The van der Waals surface area contributed by atoms with Gasteiger partial charge in [-0.3, -0.25) is 4.79 Å². The minimum Gasteiger partial charge on any atom is -0.494 e. The second kappa shape index (κ2) is 7.13. The highest BCUT2D eigenvalue weighted by atomic mass is 32.1. The minimum atomic E-state index is -0.215. The van der Waals surface area contributed by atoms with Gasteiger partial charge in [0, 0.05) is 22.5 Å². The number of carbonyl (C=O) groups excluding carboxylic acids is 1. The first-order valence-electron chi connectivity index (χ1n) is 9.11. The van der Waals surface area contributed by atoms with Gasteiger partial charge in [-0.25, -0.2) is 4.98 Å². The molecule has 2 aromatic carbocycles. The summed E-state index contributed by atoms with van der Waals surface area (Å²) in [5, 5.41) is 4.74. The summed E-state index contributed by atoms with van der Waals surface area (Å²) in [7, 11) is 0. The van der Waals surface area contributed by atoms with E-state index in [2.05, 4.69) is 5.32 Å². The van der Waals surface area contributed by atoms with E-state index in [1.165, 1.54) is 11.3 Å². The summed E-state index contributed by atoms with van der Waals surface area (Å²) >= 11 is 1.31. The molecule has 142 valence electrons. The molecule has 0 aliphatic carbocycles. The van der Waals surface area contributed by atoms with E-state index in [0.29, 0.717) is 17.2 Å². The van der Waals surface area contributed by atoms with Gasteiger partial charge in [0.05, 0.1) is 17.8 Å². The quantitative estimate of drug-likeness (QED) is 0.495. The maximum absolute atomic E-state index is 12.9. The summed E-state index contributed by atoms with van der Waals surface area (Å²) in [6.07, 6.45) is 0. The Labute approximate surface area is 167 Å². The zero-order chi connectivity index (χ0) is 19.8. The number of hydrogen-bond acceptors (Lipinski definition) is 5. The number of aromatic nitrogens is 1. The molecular weight excluding hydrogens is 370 g/mol. The number of benzene rings is 2. The van der Waals surface area contributed by atoms with E-state index in [1.807, 2.05) is 63.2 Å². The molecule has 28 heavy (non-hydrogen) atoms. The molecule has 0 atom stereocenters. The highest BCUT2D eigenvalue weighted by Crippen LogP contribution is 2.36. The lowest BCUT2D eigenvalue weighted by Gasteiger charge is -2.09. The number of rotatable bonds is 4. The molecule has 6 heteroatoms. The van der Waals surface area contributed by atoms with Gasteiger partial charge in [0.2, 0.25) is 0 Å². The van der Waals surface area contributed by atoms with E-state index in [1.54, 1.807) is 0 Å². The Morgan fingerprint density at radius 1 is 1.21 bits per heavy atom. The van der Waals surface area contributed by atoms with Crippen LogP contribution in [0, 0.1) is 13.8 Å². The highest BCUT2D eigenvalue weighted by Gasteiger charge is 2.19. The molecule has 4 aromatic rings. The number of thiophene rings is 1. The lowest BCUT2D eigenvalue weighted by atomic mass is 10.1. The van der Waals surface area contributed by atoms with Crippen LogP contribution in [-0.4, -0.2) is 17.5 Å². The lowest BCUT2D eigenvalue weighted by Crippen LogP contribution is -2.13. The number of fused-ring (bicyclic) bond motifs is 2. The number of pyridine rings is 1. The van der Waals surface area contributed by atoms with E-state index in [0.717, 1.165) is 43.7 Å². The van der Waals surface area contributed by atoms with Crippen LogP contribution >= 0.6 is 11.3 Å². The molecule has 0 unspecified atom stereocenters. The van der Waals surface area contributed by atoms with Crippen LogP contribution in [0.1, 0.15) is 27.7 Å². The molecule has 0 radical (unpaired) electrons. The Morgan fingerprint density at radius 2 is 2.04 bits per heavy atom. The van der Waals surface area contributed by atoms with Crippen molar-refractivity contribution in [2.24, 2.45) is 0 Å². The van der Waals surface area contributed by atoms with Crippen LogP contribution in [0.4, 0.5) is 11.4 Å². The van der Waals surface area contributed by atoms with Crippen molar-refractivity contribution in [2.75, 3.05) is 17.7 Å². The summed E-state index contributed by atoms with van der Waals surface area (Å²) in [4.78, 5) is 18.8. The first-order chi connectivity index (χ1) is 13.5. The largest absolute Gasteiger partial charge is 0.494 e. The molecule has 0 spiro atoms. The number of nitrogens with zero attached hydrogens (tertiary/aromatic N) is 1. The molecule has 1 amide bonds. The topological polar surface area (TPSA) is 77.2 Å². The smallest absolute Gasteiger partial charge is 0.267 e. The number of nitrogens with one attached hydrogen (secondary N) is 1. The number of amides is 1. The second-order valence-electron chi connectivity index (χ2n) is 6.68. The highest BCUT2D eigenvalue weighted by molar-refractivity contribution is 7.21. The molecule has 0 fully saturated rings. The van der Waals surface area contributed by atoms with Crippen molar-refractivity contribution in [1.82, 2.24) is 4.98 Å². The molecular formula is C22H21N3O2S. The molecule has 2 heterocycles. The molecule has 0 aliphatic heterocycles. The number of carbonyl (C=O) groups is 1. The minimum absolute atomic E-state index is 0.215. The van der Waals surface area contributed by atoms with Crippen LogP contribution in [0.3, 0.4) is 0 Å². The molecule has 0 saturated carbocycles. The van der Waals surface area contributed by atoms with Crippen molar-refractivity contribution >= 4 is 49.7 Å². The second-order valence-corrected chi connectivity index (χ2v) is 7.67. The Morgan fingerprint density at radius 3 is 2.82 bits per heavy atom. The third-order valence-corrected chi connectivity index (χ3v) is 5.97. The van der Waals surface area contributed by atoms with E-state index in [4.69, 9.17) is 15.5 Å². The molecule has 0 bridgehead atoms. The number of ether oxygens (including phenoxy) is 1. The number of nitrogen functional groups attached to an aromatic ring is 1. The van der Waals surface area contributed by atoms with Gasteiger partial charge >= 0.3 is 0 Å². The molecule has 0 aliphatic rings. The monoisotopic (exact) mass is 391 g/mol. The van der Waals surface area contributed by atoms with Crippen molar-refractivity contribution in [3.8, 4) is 5.75 Å². The van der Waals surface area contributed by atoms with Crippen molar-refractivity contribution in [3.05, 3.63) is 58.5 Å². The zero-order valence-corrected chi connectivity index (χ0v) is 16.8. The standard InChI is InChI=1S/C22H21N3O2S/c1-4-27-15-9-8-14-10-16-19(23)20(28-22(16)25-18(14)11-15)21(26)24-17-7-5-6-12(2)13(17)3/h5-11H,4,23H2,1-3H3,(H,24,26). The van der Waals surface area contributed by atoms with Crippen LogP contribution in [-0.2, 0) is 0 Å². The Bertz CT molecular complexity index is 1210. The van der Waals surface area contributed by atoms with Crippen LogP contribution in [0.25, 0.3) is 21.1 Å². The van der Waals surface area contributed by atoms with Crippen LogP contribution < -0.4 is 15.8 Å². The fourth-order valence-electron chi connectivity index (χ4n) is 3.16. The number of hydrogen-bond donors (Lipinski definition) is 2. The van der Waals surface area contributed by atoms with Gasteiger partial charge < -0.3 is 15.8 Å². The Balaban J connectivity index is 1.74. The lowest BCUT2D eigenvalue weighted by molar-refractivity contribution is 0.103. The van der Waals surface area contributed by atoms with Crippen LogP contribution in [0.15, 0.2) is 42.5 Å². The SMILES string of the molecule is CCOc1ccc2cc3c(N)c(C(=O)Nc4cccc(C)c4C)sc3nc2c1. The van der Waals surface area contributed by atoms with Gasteiger partial charge in [-0.2, -0.15) is 0 Å². The molecule has 5 nitrogen and oxygen atoms in total. The first kappa shape index (κ1) is 18.3. The number of aryl methyl sites for hydroxylation is 1. The van der Waals surface area contributed by atoms with Gasteiger partial charge in [-0.1, -0.05) is 12.1 Å². The number of nitrogens with two attached hydrogens (primary N) is 1. The predicted octanol–water partition coefficient (Wildman–Crippen LogP) is 5.30. The van der Waals surface area contributed by atoms with Crippen LogP contribution in [0.2, 0.25) is 0 Å². The van der Waals surface area contributed by atoms with Crippen LogP contribution in [0.5, 0.6) is 5.75 Å². The third-order valence-electron chi connectivity index (χ3n) is 4.86. The van der Waals surface area contributed by atoms with E-state index < -0.39 is 0 Å². The third kappa shape index (κ3) is 3.16. The summed E-state index contributed by atoms with van der Waals surface area (Å²) in [6, 6.07) is 13.6. The van der Waals surface area contributed by atoms with Gasteiger partial charge in [-0.15, -0.1) is 11.3 Å². The average molecular weight is 391 g/mol. The van der Waals surface area contributed by atoms with Gasteiger partial charge in [0.15, 0.2) is 0 Å². The maximum Gasteiger partial charge on any atom is 0.267 e. The summed E-state index contributed by atoms with van der Waals surface area (Å²) < 4.78 is 5.55. The maximum atomic E-state index is 12.9.